The molecule has 0 bridgehead atoms. The lowest BCUT2D eigenvalue weighted by Crippen LogP contribution is -2.04. The zero-order chi connectivity index (χ0) is 11.2. The maximum atomic E-state index is 5.86. The van der Waals surface area contributed by atoms with Crippen molar-refractivity contribution in [1.82, 2.24) is 0 Å². The molecule has 0 atom stereocenters. The highest BCUT2D eigenvalue weighted by Gasteiger charge is 2.10. The van der Waals surface area contributed by atoms with Crippen molar-refractivity contribution < 1.29 is 4.74 Å². The first-order valence-corrected chi connectivity index (χ1v) is 6.14. The van der Waals surface area contributed by atoms with Crippen molar-refractivity contribution >= 4 is 0 Å². The standard InChI is InChI=1S/C15H19O/c1-2-3-4-5-9-14-12-11-13-8-6-7-10-15(13)16-14/h6-8,10,12H,1-5,9,11H2. The Morgan fingerprint density at radius 3 is 2.88 bits per heavy atom. The second kappa shape index (κ2) is 5.74. The summed E-state index contributed by atoms with van der Waals surface area (Å²) in [6.07, 6.45) is 9.03. The lowest BCUT2D eigenvalue weighted by atomic mass is 10.1. The third-order valence-electron chi connectivity index (χ3n) is 2.94. The normalized spacial score (nSPS) is 13.9. The number of benzene rings is 1. The molecule has 0 fully saturated rings. The van der Waals surface area contributed by atoms with E-state index in [2.05, 4.69) is 31.2 Å². The van der Waals surface area contributed by atoms with E-state index in [9.17, 15) is 0 Å². The van der Waals surface area contributed by atoms with Gasteiger partial charge in [0.1, 0.15) is 11.5 Å². The summed E-state index contributed by atoms with van der Waals surface area (Å²) in [6.45, 7) is 3.85. The Balaban J connectivity index is 1.84. The van der Waals surface area contributed by atoms with E-state index >= 15 is 0 Å². The second-order valence-electron chi connectivity index (χ2n) is 4.25. The van der Waals surface area contributed by atoms with E-state index in [4.69, 9.17) is 4.74 Å². The van der Waals surface area contributed by atoms with Gasteiger partial charge in [-0.3, -0.25) is 0 Å². The quantitative estimate of drug-likeness (QED) is 0.666. The average Bonchev–Trinajstić information content (AvgIpc) is 2.34. The van der Waals surface area contributed by atoms with Gasteiger partial charge < -0.3 is 4.74 Å². The number of rotatable bonds is 5. The molecule has 0 unspecified atom stereocenters. The van der Waals surface area contributed by atoms with Gasteiger partial charge in [-0.2, -0.15) is 0 Å². The molecule has 0 saturated heterocycles. The number of para-hydroxylation sites is 1. The molecular formula is C15H19O. The molecule has 1 aromatic rings. The van der Waals surface area contributed by atoms with Crippen molar-refractivity contribution in [2.24, 2.45) is 0 Å². The number of hydrogen-bond acceptors (Lipinski definition) is 1. The first-order valence-electron chi connectivity index (χ1n) is 6.14. The summed E-state index contributed by atoms with van der Waals surface area (Å²) >= 11 is 0. The van der Waals surface area contributed by atoms with Crippen molar-refractivity contribution in [3.8, 4) is 5.75 Å². The highest BCUT2D eigenvalue weighted by atomic mass is 16.5. The molecular weight excluding hydrogens is 196 g/mol. The van der Waals surface area contributed by atoms with Crippen LogP contribution in [0.2, 0.25) is 0 Å². The molecule has 1 radical (unpaired) electrons. The minimum Gasteiger partial charge on any atom is -0.462 e. The maximum Gasteiger partial charge on any atom is 0.130 e. The van der Waals surface area contributed by atoms with E-state index in [1.54, 1.807) is 0 Å². The largest absolute Gasteiger partial charge is 0.462 e. The monoisotopic (exact) mass is 215 g/mol. The Labute approximate surface area is 98.1 Å². The van der Waals surface area contributed by atoms with Gasteiger partial charge in [-0.1, -0.05) is 44.4 Å². The van der Waals surface area contributed by atoms with E-state index in [0.29, 0.717) is 0 Å². The van der Waals surface area contributed by atoms with E-state index < -0.39 is 0 Å². The van der Waals surface area contributed by atoms with Gasteiger partial charge in [0.15, 0.2) is 0 Å². The predicted octanol–water partition coefficient (Wildman–Crippen LogP) is 4.29. The number of fused-ring (bicyclic) bond motifs is 1. The molecule has 1 nitrogen and oxygen atoms in total. The second-order valence-corrected chi connectivity index (χ2v) is 4.25. The van der Waals surface area contributed by atoms with E-state index in [-0.39, 0.29) is 0 Å². The van der Waals surface area contributed by atoms with Crippen molar-refractivity contribution in [1.29, 1.82) is 0 Å². The van der Waals surface area contributed by atoms with Crippen LogP contribution in [0.1, 0.15) is 37.7 Å². The first-order chi connectivity index (χ1) is 7.90. The van der Waals surface area contributed by atoms with Crippen LogP contribution in [0.15, 0.2) is 36.1 Å². The molecule has 16 heavy (non-hydrogen) atoms. The molecule has 1 heteroatoms. The lowest BCUT2D eigenvalue weighted by molar-refractivity contribution is 0.382. The van der Waals surface area contributed by atoms with E-state index in [1.165, 1.54) is 24.8 Å². The van der Waals surface area contributed by atoms with E-state index in [1.807, 2.05) is 6.07 Å². The van der Waals surface area contributed by atoms with Gasteiger partial charge >= 0.3 is 0 Å². The van der Waals surface area contributed by atoms with Gasteiger partial charge in [-0.05, 0) is 30.5 Å². The predicted molar refractivity (Wildman–Crippen MR) is 67.3 cm³/mol. The van der Waals surface area contributed by atoms with Gasteiger partial charge in [0.05, 0.1) is 0 Å². The molecule has 2 rings (SSSR count). The highest BCUT2D eigenvalue weighted by Crippen LogP contribution is 2.27. The number of unbranched alkanes of at least 4 members (excludes halogenated alkanes) is 3. The Bertz CT molecular complexity index is 365. The van der Waals surface area contributed by atoms with E-state index in [0.717, 1.165) is 30.8 Å². The van der Waals surface area contributed by atoms with Crippen LogP contribution in [0, 0.1) is 6.92 Å². The fraction of sp³-hybridized carbons (Fsp3) is 0.400. The minimum absolute atomic E-state index is 1.01. The summed E-state index contributed by atoms with van der Waals surface area (Å²) in [5.74, 6) is 2.18. The van der Waals surface area contributed by atoms with Crippen LogP contribution in [-0.2, 0) is 6.42 Å². The third kappa shape index (κ3) is 2.88. The van der Waals surface area contributed by atoms with Crippen molar-refractivity contribution in [2.75, 3.05) is 0 Å². The zero-order valence-corrected chi connectivity index (χ0v) is 9.74. The number of ether oxygens (including phenoxy) is 1. The van der Waals surface area contributed by atoms with Gasteiger partial charge in [0.25, 0.3) is 0 Å². The Kier molecular flexibility index (Phi) is 4.03. The summed E-state index contributed by atoms with van der Waals surface area (Å²) in [7, 11) is 0. The molecule has 1 aromatic carbocycles. The van der Waals surface area contributed by atoms with Gasteiger partial charge in [0.2, 0.25) is 0 Å². The summed E-state index contributed by atoms with van der Waals surface area (Å²) < 4.78 is 5.86. The SMILES string of the molecule is [CH2]CCCCCC1=CCc2ccccc2O1. The first kappa shape index (κ1) is 11.3. The minimum atomic E-state index is 1.01. The number of allylic oxidation sites excluding steroid dienone is 2. The highest BCUT2D eigenvalue weighted by molar-refractivity contribution is 5.38. The molecule has 85 valence electrons. The van der Waals surface area contributed by atoms with Crippen LogP contribution in [0.4, 0.5) is 0 Å². The van der Waals surface area contributed by atoms with Crippen LogP contribution in [0.5, 0.6) is 5.75 Å². The fourth-order valence-corrected chi connectivity index (χ4v) is 1.98. The molecule has 0 amide bonds. The van der Waals surface area contributed by atoms with Crippen LogP contribution >= 0.6 is 0 Å². The summed E-state index contributed by atoms with van der Waals surface area (Å²) in [5.41, 5.74) is 1.30. The molecule has 0 aromatic heterocycles. The Morgan fingerprint density at radius 2 is 2.00 bits per heavy atom. The molecule has 0 spiro atoms. The topological polar surface area (TPSA) is 9.23 Å². The molecule has 0 N–H and O–H groups in total. The van der Waals surface area contributed by atoms with Crippen molar-refractivity contribution in [2.45, 2.75) is 38.5 Å². The molecule has 1 heterocycles. The summed E-state index contributed by atoms with van der Waals surface area (Å²) in [6, 6.07) is 8.28. The number of hydrogen-bond donors (Lipinski definition) is 0. The summed E-state index contributed by atoms with van der Waals surface area (Å²) in [5, 5.41) is 0. The lowest BCUT2D eigenvalue weighted by Gasteiger charge is -2.17. The summed E-state index contributed by atoms with van der Waals surface area (Å²) in [4.78, 5) is 0. The van der Waals surface area contributed by atoms with Crippen LogP contribution in [0.3, 0.4) is 0 Å². The van der Waals surface area contributed by atoms with Crippen LogP contribution in [0.25, 0.3) is 0 Å². The van der Waals surface area contributed by atoms with Gasteiger partial charge in [-0.25, -0.2) is 0 Å². The Hall–Kier alpha value is -1.24. The Morgan fingerprint density at radius 1 is 1.12 bits per heavy atom. The van der Waals surface area contributed by atoms with Crippen molar-refractivity contribution in [3.63, 3.8) is 0 Å². The third-order valence-corrected chi connectivity index (χ3v) is 2.94. The average molecular weight is 215 g/mol. The van der Waals surface area contributed by atoms with Crippen LogP contribution < -0.4 is 4.74 Å². The zero-order valence-electron chi connectivity index (χ0n) is 9.74. The smallest absolute Gasteiger partial charge is 0.130 e. The van der Waals surface area contributed by atoms with Gasteiger partial charge in [0, 0.05) is 6.42 Å². The fourth-order valence-electron chi connectivity index (χ4n) is 1.98. The molecule has 0 saturated carbocycles. The molecule has 1 aliphatic rings. The maximum absolute atomic E-state index is 5.86. The van der Waals surface area contributed by atoms with Gasteiger partial charge in [-0.15, -0.1) is 0 Å². The molecule has 0 aliphatic carbocycles. The molecule has 1 aliphatic heterocycles. The van der Waals surface area contributed by atoms with Crippen molar-refractivity contribution in [3.05, 3.63) is 48.6 Å². The van der Waals surface area contributed by atoms with Crippen LogP contribution in [-0.4, -0.2) is 0 Å².